The number of hydrogen-bond acceptors (Lipinski definition) is 7. The average Bonchev–Trinajstić information content (AvgIpc) is 3.91. The van der Waals surface area contributed by atoms with Crippen molar-refractivity contribution in [3.05, 3.63) is 113 Å². The number of aryl methyl sites for hydroxylation is 1. The molecule has 3 aromatic heterocycles. The van der Waals surface area contributed by atoms with Crippen molar-refractivity contribution in [3.63, 3.8) is 0 Å². The maximum atomic E-state index is 13.9. The highest BCUT2D eigenvalue weighted by atomic mass is 19.3. The van der Waals surface area contributed by atoms with Crippen LogP contribution in [0.3, 0.4) is 0 Å². The molecular weight excluding hydrogens is 580 g/mol. The molecule has 9 rings (SSSR count). The zero-order chi connectivity index (χ0) is 31.2. The van der Waals surface area contributed by atoms with Crippen molar-refractivity contribution in [1.29, 1.82) is 0 Å². The second-order valence-corrected chi connectivity index (χ2v) is 13.5. The molecule has 7 nitrogen and oxygen atoms in total. The van der Waals surface area contributed by atoms with E-state index >= 15 is 0 Å². The summed E-state index contributed by atoms with van der Waals surface area (Å²) in [7, 11) is 0. The minimum absolute atomic E-state index is 0.0791. The summed E-state index contributed by atoms with van der Waals surface area (Å²) in [6.45, 7) is 7.37. The molecule has 3 atom stereocenters. The zero-order valence-electron chi connectivity index (χ0n) is 25.7. The third-order valence-electron chi connectivity index (χ3n) is 9.92. The molecule has 3 unspecified atom stereocenters. The van der Waals surface area contributed by atoms with Gasteiger partial charge in [-0.05, 0) is 78.3 Å². The van der Waals surface area contributed by atoms with Crippen LogP contribution >= 0.6 is 0 Å². The van der Waals surface area contributed by atoms with Crippen molar-refractivity contribution in [2.75, 3.05) is 18.4 Å². The quantitative estimate of drug-likeness (QED) is 0.193. The fourth-order valence-corrected chi connectivity index (χ4v) is 7.54. The molecule has 9 heteroatoms. The molecule has 2 aliphatic carbocycles. The molecule has 1 saturated carbocycles. The lowest BCUT2D eigenvalue weighted by Gasteiger charge is -2.20. The Hall–Kier alpha value is -4.47. The second kappa shape index (κ2) is 10.3. The van der Waals surface area contributed by atoms with E-state index in [0.717, 1.165) is 69.0 Å². The number of nitrogens with one attached hydrogen (secondary N) is 3. The minimum atomic E-state index is -2.61. The summed E-state index contributed by atoms with van der Waals surface area (Å²) < 4.78 is 27.8. The Bertz CT molecular complexity index is 1930. The lowest BCUT2D eigenvalue weighted by Crippen LogP contribution is -2.24. The first-order valence-corrected chi connectivity index (χ1v) is 16.2. The second-order valence-electron chi connectivity index (χ2n) is 13.5. The van der Waals surface area contributed by atoms with E-state index in [1.165, 1.54) is 16.8 Å². The maximum absolute atomic E-state index is 13.9. The fourth-order valence-electron chi connectivity index (χ4n) is 7.54. The van der Waals surface area contributed by atoms with Gasteiger partial charge in [0.25, 0.3) is 5.92 Å². The van der Waals surface area contributed by atoms with Crippen LogP contribution in [-0.4, -0.2) is 50.9 Å². The Labute approximate surface area is 266 Å². The van der Waals surface area contributed by atoms with Gasteiger partial charge in [0.2, 0.25) is 0 Å². The van der Waals surface area contributed by atoms with Crippen molar-refractivity contribution in [3.8, 4) is 22.5 Å². The van der Waals surface area contributed by atoms with Gasteiger partial charge in [0.15, 0.2) is 0 Å². The van der Waals surface area contributed by atoms with Crippen molar-refractivity contribution in [1.82, 2.24) is 30.5 Å². The number of likely N-dealkylation sites (tertiary alicyclic amines) is 1. The van der Waals surface area contributed by atoms with E-state index in [1.807, 2.05) is 47.9 Å². The van der Waals surface area contributed by atoms with Crippen LogP contribution in [0.2, 0.25) is 0 Å². The first-order valence-electron chi connectivity index (χ1n) is 16.2. The summed E-state index contributed by atoms with van der Waals surface area (Å²) in [6.07, 6.45) is 9.88. The van der Waals surface area contributed by atoms with Crippen LogP contribution < -0.4 is 16.0 Å². The lowest BCUT2D eigenvalue weighted by atomic mass is 9.94. The summed E-state index contributed by atoms with van der Waals surface area (Å²) in [5, 5.41) is 11.0. The summed E-state index contributed by atoms with van der Waals surface area (Å²) >= 11 is 0. The van der Waals surface area contributed by atoms with Gasteiger partial charge in [-0.15, -0.1) is 0 Å². The molecule has 0 spiro atoms. The van der Waals surface area contributed by atoms with Crippen LogP contribution in [0.5, 0.6) is 0 Å². The highest BCUT2D eigenvalue weighted by Crippen LogP contribution is 2.51. The Kier molecular flexibility index (Phi) is 6.21. The minimum Gasteiger partial charge on any atom is -0.376 e. The Morgan fingerprint density at radius 3 is 2.72 bits per heavy atom. The number of hydrogen-bond donors (Lipinski definition) is 3. The molecule has 5 aliphatic rings. The standard InChI is InChI=1S/C37H35F2N7/c1-20-11-22(18-46-10-8-37(38,39)19-46)13-24(12-20)29-14-25-26(16-42-29)33-35(44-33)36-34(45-36)31(25)21(2)43-30-17-40-15-27(32(30)23-6-7-23)28-5-3-4-9-41-28/h3-5,9,11-17,23,33,35-36,43-45H,2,6-8,10,18-19H2,1H3. The van der Waals surface area contributed by atoms with Gasteiger partial charge in [-0.1, -0.05) is 24.3 Å². The van der Waals surface area contributed by atoms with E-state index in [9.17, 15) is 8.78 Å². The summed E-state index contributed by atoms with van der Waals surface area (Å²) in [4.78, 5) is 16.0. The number of nitrogens with zero attached hydrogens (tertiary/aromatic N) is 4. The van der Waals surface area contributed by atoms with Gasteiger partial charge in [0.1, 0.15) is 0 Å². The van der Waals surface area contributed by atoms with Crippen molar-refractivity contribution in [2.24, 2.45) is 0 Å². The summed E-state index contributed by atoms with van der Waals surface area (Å²) in [6, 6.07) is 15.3. The molecule has 6 heterocycles. The van der Waals surface area contributed by atoms with Crippen LogP contribution in [0.4, 0.5) is 14.5 Å². The molecule has 4 fully saturated rings. The molecule has 3 saturated heterocycles. The predicted molar refractivity (Wildman–Crippen MR) is 175 cm³/mol. The maximum Gasteiger partial charge on any atom is 0.261 e. The van der Waals surface area contributed by atoms with Crippen LogP contribution in [0, 0.1) is 6.92 Å². The van der Waals surface area contributed by atoms with E-state index in [-0.39, 0.29) is 25.0 Å². The molecule has 1 aromatic carbocycles. The fraction of sp³-hybridized carbons (Fsp3) is 0.324. The van der Waals surface area contributed by atoms with Crippen LogP contribution in [0.15, 0.2) is 85.2 Å². The SMILES string of the molecule is C=C(Nc1cncc(-c2ccccn2)c1C1CC1)C1=C2NC2C2NC2c2cnc(-c3cc(C)cc(CN4CCC(F)(F)C4)c3)cc21. The zero-order valence-corrected chi connectivity index (χ0v) is 25.7. The van der Waals surface area contributed by atoms with Gasteiger partial charge >= 0.3 is 0 Å². The van der Waals surface area contributed by atoms with Gasteiger partial charge in [-0.2, -0.15) is 0 Å². The first-order chi connectivity index (χ1) is 22.3. The number of aromatic nitrogens is 3. The smallest absolute Gasteiger partial charge is 0.261 e. The van der Waals surface area contributed by atoms with Crippen LogP contribution in [-0.2, 0) is 6.54 Å². The van der Waals surface area contributed by atoms with Crippen molar-refractivity contribution < 1.29 is 8.78 Å². The van der Waals surface area contributed by atoms with Gasteiger partial charge in [-0.25, -0.2) is 8.78 Å². The number of rotatable bonds is 8. The number of fused-ring (bicyclic) bond motifs is 5. The molecule has 0 bridgehead atoms. The van der Waals surface area contributed by atoms with E-state index in [0.29, 0.717) is 25.0 Å². The summed E-state index contributed by atoms with van der Waals surface area (Å²) in [5.41, 5.74) is 13.5. The molecule has 0 radical (unpaired) electrons. The molecule has 3 aliphatic heterocycles. The molecular formula is C37H35F2N7. The number of anilines is 1. The molecule has 232 valence electrons. The van der Waals surface area contributed by atoms with Crippen LogP contribution in [0.1, 0.15) is 59.0 Å². The molecule has 46 heavy (non-hydrogen) atoms. The van der Waals surface area contributed by atoms with E-state index in [2.05, 4.69) is 63.7 Å². The van der Waals surface area contributed by atoms with E-state index < -0.39 is 5.92 Å². The van der Waals surface area contributed by atoms with Gasteiger partial charge in [0, 0.05) is 66.2 Å². The average molecular weight is 616 g/mol. The highest BCUT2D eigenvalue weighted by molar-refractivity contribution is 5.91. The van der Waals surface area contributed by atoms with E-state index in [1.54, 1.807) is 0 Å². The third-order valence-corrected chi connectivity index (χ3v) is 9.92. The molecule has 3 N–H and O–H groups in total. The lowest BCUT2D eigenvalue weighted by molar-refractivity contribution is 0.0115. The molecule has 0 amide bonds. The number of benzene rings is 1. The highest BCUT2D eigenvalue weighted by Gasteiger charge is 2.55. The van der Waals surface area contributed by atoms with Crippen molar-refractivity contribution in [2.45, 2.75) is 62.7 Å². The van der Waals surface area contributed by atoms with Crippen LogP contribution in [0.25, 0.3) is 28.1 Å². The van der Waals surface area contributed by atoms with Gasteiger partial charge < -0.3 is 16.0 Å². The Morgan fingerprint density at radius 2 is 1.93 bits per heavy atom. The first kappa shape index (κ1) is 27.8. The number of pyridine rings is 3. The monoisotopic (exact) mass is 615 g/mol. The third kappa shape index (κ3) is 4.98. The summed E-state index contributed by atoms with van der Waals surface area (Å²) in [5.74, 6) is -2.14. The van der Waals surface area contributed by atoms with Gasteiger partial charge in [-0.3, -0.25) is 19.9 Å². The normalized spacial score (nSPS) is 23.9. The number of halogens is 2. The topological polar surface area (TPSA) is 97.8 Å². The van der Waals surface area contributed by atoms with E-state index in [4.69, 9.17) is 4.98 Å². The van der Waals surface area contributed by atoms with Gasteiger partial charge in [0.05, 0.1) is 47.9 Å². The molecule has 4 aromatic rings. The largest absolute Gasteiger partial charge is 0.376 e. The Morgan fingerprint density at radius 1 is 1.04 bits per heavy atom. The number of alkyl halides is 2. The predicted octanol–water partition coefficient (Wildman–Crippen LogP) is 6.57. The number of allylic oxidation sites excluding steroid dienone is 1. The van der Waals surface area contributed by atoms with Crippen molar-refractivity contribution >= 4 is 11.3 Å². The Balaban J connectivity index is 1.07.